The van der Waals surface area contributed by atoms with Crippen molar-refractivity contribution in [3.63, 3.8) is 0 Å². The average molecular weight is 342 g/mol. The van der Waals surface area contributed by atoms with Gasteiger partial charge in [-0.1, -0.05) is 12.2 Å². The number of hydrogen-bond donors (Lipinski definition) is 0. The second-order valence-corrected chi connectivity index (χ2v) is 9.67. The van der Waals surface area contributed by atoms with Crippen LogP contribution in [0.1, 0.15) is 62.3 Å². The van der Waals surface area contributed by atoms with Crippen LogP contribution in [0.5, 0.6) is 0 Å². The Morgan fingerprint density at radius 3 is 1.83 bits per heavy atom. The first-order chi connectivity index (χ1) is 10.7. The Morgan fingerprint density at radius 1 is 0.875 bits per heavy atom. The summed E-state index contributed by atoms with van der Waals surface area (Å²) in [4.78, 5) is 2.42. The van der Waals surface area contributed by atoms with Gasteiger partial charge in [0.05, 0.1) is 17.3 Å². The second kappa shape index (κ2) is 7.86. The predicted octanol–water partition coefficient (Wildman–Crippen LogP) is 4.04. The van der Waals surface area contributed by atoms with E-state index in [1.165, 1.54) is 0 Å². The van der Waals surface area contributed by atoms with Gasteiger partial charge in [0.25, 0.3) is 0 Å². The van der Waals surface area contributed by atoms with E-state index in [0.717, 1.165) is 13.1 Å². The van der Waals surface area contributed by atoms with Crippen LogP contribution in [-0.4, -0.2) is 60.2 Å². The fraction of sp³-hybridized carbons (Fsp3) is 0.900. The van der Waals surface area contributed by atoms with Crippen LogP contribution in [-0.2, 0) is 14.2 Å². The molecular formula is C20H39NO3. The third kappa shape index (κ3) is 7.22. The Balaban J connectivity index is 3.17. The molecular weight excluding hydrogens is 302 g/mol. The fourth-order valence-corrected chi connectivity index (χ4v) is 2.86. The first-order valence-corrected chi connectivity index (χ1v) is 9.03. The molecule has 0 radical (unpaired) electrons. The van der Waals surface area contributed by atoms with E-state index in [1.54, 1.807) is 7.11 Å². The van der Waals surface area contributed by atoms with E-state index in [1.807, 2.05) is 0 Å². The molecule has 4 nitrogen and oxygen atoms in total. The van der Waals surface area contributed by atoms with Crippen LogP contribution in [0.2, 0.25) is 0 Å². The van der Waals surface area contributed by atoms with Crippen LogP contribution in [0.3, 0.4) is 0 Å². The summed E-state index contributed by atoms with van der Waals surface area (Å²) < 4.78 is 18.6. The molecule has 0 saturated heterocycles. The molecule has 0 aromatic rings. The Morgan fingerprint density at radius 2 is 1.42 bits per heavy atom. The highest BCUT2D eigenvalue weighted by atomic mass is 16.6. The summed E-state index contributed by atoms with van der Waals surface area (Å²) in [7, 11) is 1.77. The molecule has 0 spiro atoms. The lowest BCUT2D eigenvalue weighted by atomic mass is 9.98. The van der Waals surface area contributed by atoms with Crippen molar-refractivity contribution in [1.29, 1.82) is 0 Å². The molecule has 0 saturated carbocycles. The van der Waals surface area contributed by atoms with E-state index >= 15 is 0 Å². The van der Waals surface area contributed by atoms with Crippen LogP contribution in [0.25, 0.3) is 0 Å². The van der Waals surface area contributed by atoms with Crippen molar-refractivity contribution in [2.24, 2.45) is 0 Å². The average Bonchev–Trinajstić information content (AvgIpc) is 2.33. The molecule has 24 heavy (non-hydrogen) atoms. The number of ether oxygens (including phenoxy) is 3. The number of hydrogen-bond acceptors (Lipinski definition) is 4. The van der Waals surface area contributed by atoms with Crippen LogP contribution >= 0.6 is 0 Å². The quantitative estimate of drug-likeness (QED) is 0.725. The molecule has 1 aliphatic heterocycles. The van der Waals surface area contributed by atoms with Gasteiger partial charge in [0.15, 0.2) is 0 Å². The molecule has 1 rings (SSSR count). The minimum atomic E-state index is -0.263. The maximum Gasteiger partial charge on any atom is 0.115 e. The van der Waals surface area contributed by atoms with Gasteiger partial charge in [0.2, 0.25) is 0 Å². The molecule has 1 heterocycles. The van der Waals surface area contributed by atoms with Crippen molar-refractivity contribution in [2.75, 3.05) is 20.2 Å². The summed E-state index contributed by atoms with van der Waals surface area (Å²) in [5.41, 5.74) is -0.429. The van der Waals surface area contributed by atoms with Gasteiger partial charge in [0, 0.05) is 25.7 Å². The lowest BCUT2D eigenvalue weighted by Crippen LogP contribution is -2.55. The molecule has 0 aliphatic carbocycles. The van der Waals surface area contributed by atoms with Gasteiger partial charge in [-0.25, -0.2) is 0 Å². The zero-order chi connectivity index (χ0) is 18.8. The molecule has 0 amide bonds. The summed E-state index contributed by atoms with van der Waals surface area (Å²) in [5.74, 6) is 0. The Hall–Kier alpha value is -0.420. The van der Waals surface area contributed by atoms with Crippen LogP contribution in [0, 0.1) is 0 Å². The van der Waals surface area contributed by atoms with E-state index in [0.29, 0.717) is 0 Å². The largest absolute Gasteiger partial charge is 0.377 e. The van der Waals surface area contributed by atoms with Crippen molar-refractivity contribution < 1.29 is 14.2 Å². The highest BCUT2D eigenvalue weighted by Gasteiger charge is 2.38. The van der Waals surface area contributed by atoms with Gasteiger partial charge < -0.3 is 14.2 Å². The van der Waals surface area contributed by atoms with Crippen molar-refractivity contribution in [2.45, 2.75) is 97.4 Å². The summed E-state index contributed by atoms with van der Waals surface area (Å²) >= 11 is 0. The number of methoxy groups -OCH3 is 1. The van der Waals surface area contributed by atoms with Gasteiger partial charge in [-0.05, 0) is 62.3 Å². The highest BCUT2D eigenvalue weighted by molar-refractivity contribution is 5.04. The summed E-state index contributed by atoms with van der Waals surface area (Å²) in [6.07, 6.45) is 4.01. The lowest BCUT2D eigenvalue weighted by Gasteiger charge is -2.44. The van der Waals surface area contributed by atoms with Gasteiger partial charge in [0.1, 0.15) is 12.2 Å². The normalized spacial score (nSPS) is 29.2. The zero-order valence-electron chi connectivity index (χ0n) is 17.5. The van der Waals surface area contributed by atoms with E-state index < -0.39 is 0 Å². The molecule has 142 valence electrons. The topological polar surface area (TPSA) is 30.9 Å². The second-order valence-electron chi connectivity index (χ2n) is 9.67. The highest BCUT2D eigenvalue weighted by Crippen LogP contribution is 2.27. The van der Waals surface area contributed by atoms with E-state index in [4.69, 9.17) is 14.2 Å². The third-order valence-electron chi connectivity index (χ3n) is 3.97. The third-order valence-corrected chi connectivity index (χ3v) is 3.97. The summed E-state index contributed by atoms with van der Waals surface area (Å²) in [6.45, 7) is 20.9. The fourth-order valence-electron chi connectivity index (χ4n) is 2.86. The van der Waals surface area contributed by atoms with Gasteiger partial charge in [-0.15, -0.1) is 0 Å². The number of rotatable bonds is 3. The number of nitrogens with zero attached hydrogens (tertiary/aromatic N) is 1. The Kier molecular flexibility index (Phi) is 7.08. The molecule has 0 fully saturated rings. The van der Waals surface area contributed by atoms with E-state index in [9.17, 15) is 0 Å². The monoisotopic (exact) mass is 341 g/mol. The lowest BCUT2D eigenvalue weighted by molar-refractivity contribution is -0.190. The predicted molar refractivity (Wildman–Crippen MR) is 101 cm³/mol. The summed E-state index contributed by atoms with van der Waals surface area (Å²) in [6, 6.07) is 0. The maximum atomic E-state index is 6.41. The molecule has 3 atom stereocenters. The smallest absolute Gasteiger partial charge is 0.115 e. The first kappa shape index (κ1) is 21.6. The standard InChI is InChI=1S/C20H39NO3/c1-18(2,3)21-13-11-12-15(23-19(4,5)6)17(16(14-21)22-10)24-20(7,8)9/h11-12,15-17H,13-14H2,1-10H3/b12-11-/t15-,16+,17+/m1/s1. The van der Waals surface area contributed by atoms with E-state index in [2.05, 4.69) is 79.4 Å². The van der Waals surface area contributed by atoms with Gasteiger partial charge >= 0.3 is 0 Å². The van der Waals surface area contributed by atoms with Crippen molar-refractivity contribution in [1.82, 2.24) is 4.90 Å². The first-order valence-electron chi connectivity index (χ1n) is 9.03. The van der Waals surface area contributed by atoms with Gasteiger partial charge in [-0.2, -0.15) is 0 Å². The zero-order valence-corrected chi connectivity index (χ0v) is 17.5. The molecule has 0 unspecified atom stereocenters. The minimum absolute atomic E-state index is 0.0549. The molecule has 0 aromatic carbocycles. The molecule has 1 aliphatic rings. The molecule has 0 N–H and O–H groups in total. The van der Waals surface area contributed by atoms with Crippen molar-refractivity contribution in [3.8, 4) is 0 Å². The van der Waals surface area contributed by atoms with Crippen LogP contribution in [0.4, 0.5) is 0 Å². The van der Waals surface area contributed by atoms with Gasteiger partial charge in [-0.3, -0.25) is 4.90 Å². The summed E-state index contributed by atoms with van der Waals surface area (Å²) in [5, 5.41) is 0. The van der Waals surface area contributed by atoms with Crippen molar-refractivity contribution in [3.05, 3.63) is 12.2 Å². The Bertz CT molecular complexity index is 412. The minimum Gasteiger partial charge on any atom is -0.377 e. The van der Waals surface area contributed by atoms with Crippen LogP contribution < -0.4 is 0 Å². The van der Waals surface area contributed by atoms with E-state index in [-0.39, 0.29) is 35.1 Å². The SMILES string of the molecule is CO[C@H]1CN(C(C)(C)C)C/C=C\[C@@H](OC(C)(C)C)[C@@H]1OC(C)(C)C. The molecule has 0 aromatic heterocycles. The molecule has 4 heteroatoms. The maximum absolute atomic E-state index is 6.41. The molecule has 0 bridgehead atoms. The van der Waals surface area contributed by atoms with Crippen LogP contribution in [0.15, 0.2) is 12.2 Å². The Labute approximate surface area is 149 Å². The van der Waals surface area contributed by atoms with Crippen molar-refractivity contribution >= 4 is 0 Å².